The number of rotatable bonds is 3. The predicted octanol–water partition coefficient (Wildman–Crippen LogP) is 3.33. The summed E-state index contributed by atoms with van der Waals surface area (Å²) >= 11 is 0. The van der Waals surface area contributed by atoms with Crippen LogP contribution in [0.1, 0.15) is 17.2 Å². The molecule has 5 heteroatoms. The van der Waals surface area contributed by atoms with Crippen molar-refractivity contribution in [3.05, 3.63) is 65.0 Å². The average Bonchev–Trinajstić information content (AvgIpc) is 2.85. The Morgan fingerprint density at radius 3 is 2.65 bits per heavy atom. The second-order valence-corrected chi connectivity index (χ2v) is 4.64. The van der Waals surface area contributed by atoms with Gasteiger partial charge in [0, 0.05) is 23.7 Å². The molecule has 0 saturated heterocycles. The molecule has 0 amide bonds. The normalized spacial score (nSPS) is 16.9. The number of halogens is 3. The largest absolute Gasteiger partial charge is 0.491 e. The van der Waals surface area contributed by atoms with Crippen LogP contribution in [0.15, 0.2) is 36.4 Å². The molecule has 0 saturated carbocycles. The standard InChI is InChI=1S/C15H12F3NO/c16-11-6-13(18)12(17)5-9(11)7-19-14-8-20-15-4-2-1-3-10(14)15/h1-6,14,19H,7-8H2. The number of fused-ring (bicyclic) bond motifs is 1. The first-order valence-corrected chi connectivity index (χ1v) is 6.23. The van der Waals surface area contributed by atoms with Gasteiger partial charge in [0.2, 0.25) is 0 Å². The van der Waals surface area contributed by atoms with E-state index in [1.165, 1.54) is 0 Å². The summed E-state index contributed by atoms with van der Waals surface area (Å²) in [6.45, 7) is 0.538. The maximum absolute atomic E-state index is 13.5. The van der Waals surface area contributed by atoms with Crippen LogP contribution in [0.2, 0.25) is 0 Å². The Bertz CT molecular complexity index is 645. The maximum atomic E-state index is 13.5. The molecule has 0 radical (unpaired) electrons. The number of benzene rings is 2. The van der Waals surface area contributed by atoms with Crippen molar-refractivity contribution in [1.82, 2.24) is 5.32 Å². The van der Waals surface area contributed by atoms with Crippen LogP contribution >= 0.6 is 0 Å². The molecule has 20 heavy (non-hydrogen) atoms. The molecule has 2 aromatic carbocycles. The van der Waals surface area contributed by atoms with E-state index >= 15 is 0 Å². The molecule has 0 fully saturated rings. The van der Waals surface area contributed by atoms with Gasteiger partial charge in [-0.15, -0.1) is 0 Å². The number of hydrogen-bond acceptors (Lipinski definition) is 2. The summed E-state index contributed by atoms with van der Waals surface area (Å²) < 4.78 is 45.0. The molecule has 0 aromatic heterocycles. The predicted molar refractivity (Wildman–Crippen MR) is 67.8 cm³/mol. The number of para-hydroxylation sites is 1. The van der Waals surface area contributed by atoms with E-state index in [2.05, 4.69) is 5.32 Å². The molecular formula is C15H12F3NO. The summed E-state index contributed by atoms with van der Waals surface area (Å²) in [6.07, 6.45) is 0. The minimum Gasteiger partial charge on any atom is -0.491 e. The average molecular weight is 279 g/mol. The fourth-order valence-corrected chi connectivity index (χ4v) is 2.26. The second kappa shape index (κ2) is 5.17. The molecule has 1 aliphatic rings. The van der Waals surface area contributed by atoms with Gasteiger partial charge in [0.15, 0.2) is 11.6 Å². The first kappa shape index (κ1) is 13.0. The highest BCUT2D eigenvalue weighted by molar-refractivity contribution is 5.39. The van der Waals surface area contributed by atoms with Crippen molar-refractivity contribution in [2.24, 2.45) is 0 Å². The molecule has 1 unspecified atom stereocenters. The molecule has 1 heterocycles. The third-order valence-corrected chi connectivity index (χ3v) is 3.33. The Labute approximate surface area is 114 Å². The van der Waals surface area contributed by atoms with Crippen molar-refractivity contribution in [1.29, 1.82) is 0 Å². The lowest BCUT2D eigenvalue weighted by molar-refractivity contribution is 0.310. The van der Waals surface area contributed by atoms with Crippen molar-refractivity contribution >= 4 is 0 Å². The van der Waals surface area contributed by atoms with Crippen molar-refractivity contribution in [3.8, 4) is 5.75 Å². The fraction of sp³-hybridized carbons (Fsp3) is 0.200. The van der Waals surface area contributed by atoms with Gasteiger partial charge in [0.25, 0.3) is 0 Å². The van der Waals surface area contributed by atoms with Crippen LogP contribution < -0.4 is 10.1 Å². The van der Waals surface area contributed by atoms with Gasteiger partial charge in [-0.3, -0.25) is 0 Å². The number of ether oxygens (including phenoxy) is 1. The SMILES string of the molecule is Fc1cc(F)c(CNC2COc3ccccc32)cc1F. The lowest BCUT2D eigenvalue weighted by Gasteiger charge is -2.12. The van der Waals surface area contributed by atoms with E-state index in [4.69, 9.17) is 4.74 Å². The van der Waals surface area contributed by atoms with Gasteiger partial charge in [-0.2, -0.15) is 0 Å². The molecular weight excluding hydrogens is 267 g/mol. The van der Waals surface area contributed by atoms with Crippen LogP contribution in [0.3, 0.4) is 0 Å². The highest BCUT2D eigenvalue weighted by Gasteiger charge is 2.23. The molecule has 2 nitrogen and oxygen atoms in total. The zero-order valence-corrected chi connectivity index (χ0v) is 10.5. The van der Waals surface area contributed by atoms with Crippen LogP contribution in [-0.2, 0) is 6.54 Å². The Kier molecular flexibility index (Phi) is 3.36. The summed E-state index contributed by atoms with van der Waals surface area (Å²) in [7, 11) is 0. The summed E-state index contributed by atoms with van der Waals surface area (Å²) in [5, 5.41) is 3.09. The van der Waals surface area contributed by atoms with Gasteiger partial charge in [0.1, 0.15) is 18.2 Å². The van der Waals surface area contributed by atoms with E-state index in [1.807, 2.05) is 24.3 Å². The van der Waals surface area contributed by atoms with E-state index in [-0.39, 0.29) is 18.2 Å². The highest BCUT2D eigenvalue weighted by Crippen LogP contribution is 2.31. The Hall–Kier alpha value is -2.01. The van der Waals surface area contributed by atoms with Crippen molar-refractivity contribution in [3.63, 3.8) is 0 Å². The van der Waals surface area contributed by atoms with Crippen molar-refractivity contribution < 1.29 is 17.9 Å². The van der Waals surface area contributed by atoms with E-state index in [0.29, 0.717) is 12.7 Å². The molecule has 1 aliphatic heterocycles. The molecule has 2 aromatic rings. The third kappa shape index (κ3) is 2.36. The van der Waals surface area contributed by atoms with Crippen LogP contribution in [0, 0.1) is 17.5 Å². The van der Waals surface area contributed by atoms with E-state index in [1.54, 1.807) is 0 Å². The molecule has 0 bridgehead atoms. The topological polar surface area (TPSA) is 21.3 Å². The summed E-state index contributed by atoms with van der Waals surface area (Å²) in [4.78, 5) is 0. The minimum absolute atomic E-state index is 0.0845. The number of hydrogen-bond donors (Lipinski definition) is 1. The van der Waals surface area contributed by atoms with Crippen LogP contribution in [0.4, 0.5) is 13.2 Å². The van der Waals surface area contributed by atoms with Crippen LogP contribution in [0.25, 0.3) is 0 Å². The van der Waals surface area contributed by atoms with Gasteiger partial charge in [-0.25, -0.2) is 13.2 Å². The molecule has 3 rings (SSSR count). The Balaban J connectivity index is 1.74. The van der Waals surface area contributed by atoms with E-state index in [0.717, 1.165) is 17.4 Å². The first-order valence-electron chi connectivity index (χ1n) is 6.23. The van der Waals surface area contributed by atoms with Crippen molar-refractivity contribution in [2.75, 3.05) is 6.61 Å². The maximum Gasteiger partial charge on any atom is 0.161 e. The van der Waals surface area contributed by atoms with Crippen molar-refractivity contribution in [2.45, 2.75) is 12.6 Å². The van der Waals surface area contributed by atoms with E-state index in [9.17, 15) is 13.2 Å². The van der Waals surface area contributed by atoms with Gasteiger partial charge in [-0.05, 0) is 12.1 Å². The molecule has 104 valence electrons. The van der Waals surface area contributed by atoms with E-state index < -0.39 is 17.5 Å². The number of nitrogens with one attached hydrogen (secondary N) is 1. The van der Waals surface area contributed by atoms with Gasteiger partial charge in [-0.1, -0.05) is 18.2 Å². The second-order valence-electron chi connectivity index (χ2n) is 4.64. The smallest absolute Gasteiger partial charge is 0.161 e. The fourth-order valence-electron chi connectivity index (χ4n) is 2.26. The van der Waals surface area contributed by atoms with Crippen LogP contribution in [-0.4, -0.2) is 6.61 Å². The lowest BCUT2D eigenvalue weighted by atomic mass is 10.1. The Morgan fingerprint density at radius 1 is 1.05 bits per heavy atom. The zero-order valence-electron chi connectivity index (χ0n) is 10.5. The molecule has 1 N–H and O–H groups in total. The lowest BCUT2D eigenvalue weighted by Crippen LogP contribution is -2.22. The Morgan fingerprint density at radius 2 is 1.80 bits per heavy atom. The quantitative estimate of drug-likeness (QED) is 0.870. The van der Waals surface area contributed by atoms with Gasteiger partial charge in [0.05, 0.1) is 6.04 Å². The third-order valence-electron chi connectivity index (χ3n) is 3.33. The summed E-state index contributed by atoms with van der Waals surface area (Å²) in [6, 6.07) is 8.89. The summed E-state index contributed by atoms with van der Waals surface area (Å²) in [5.74, 6) is -2.20. The summed E-state index contributed by atoms with van der Waals surface area (Å²) in [5.41, 5.74) is 1.07. The van der Waals surface area contributed by atoms with Gasteiger partial charge >= 0.3 is 0 Å². The van der Waals surface area contributed by atoms with Crippen LogP contribution in [0.5, 0.6) is 5.75 Å². The van der Waals surface area contributed by atoms with Gasteiger partial charge < -0.3 is 10.1 Å². The first-order chi connectivity index (χ1) is 9.65. The minimum atomic E-state index is -1.18. The highest BCUT2D eigenvalue weighted by atomic mass is 19.2. The zero-order chi connectivity index (χ0) is 14.1. The monoisotopic (exact) mass is 279 g/mol. The molecule has 0 spiro atoms. The molecule has 0 aliphatic carbocycles. The molecule has 1 atom stereocenters.